The minimum atomic E-state index is -1.67. The van der Waals surface area contributed by atoms with E-state index in [-0.39, 0.29) is 41.0 Å². The van der Waals surface area contributed by atoms with E-state index in [1.165, 1.54) is 0 Å². The maximum absolute atomic E-state index is 6.18. The van der Waals surface area contributed by atoms with Gasteiger partial charge in [-0.05, 0) is 20.4 Å². The van der Waals surface area contributed by atoms with Crippen molar-refractivity contribution in [1.29, 1.82) is 0 Å². The van der Waals surface area contributed by atoms with Crippen LogP contribution in [0, 0.1) is 6.07 Å². The van der Waals surface area contributed by atoms with Crippen LogP contribution >= 0.6 is 27.5 Å². The molecule has 0 saturated heterocycles. The number of halogens is 2. The number of rotatable bonds is 3. The first kappa shape index (κ1) is 28.4. The molecule has 2 rings (SSSR count). The molecule has 26 heavy (non-hydrogen) atoms. The van der Waals surface area contributed by atoms with Gasteiger partial charge in [-0.3, -0.25) is 0 Å². The van der Waals surface area contributed by atoms with E-state index in [0.717, 1.165) is 20.9 Å². The second-order valence-electron chi connectivity index (χ2n) is 6.96. The second-order valence-corrected chi connectivity index (χ2v) is 13.1. The number of nitrogens with zero attached hydrogens (tertiary/aromatic N) is 1. The van der Waals surface area contributed by atoms with Crippen LogP contribution < -0.4 is 23.6 Å². The van der Waals surface area contributed by atoms with E-state index in [1.54, 1.807) is 7.11 Å². The van der Waals surface area contributed by atoms with Crippen LogP contribution in [0.5, 0.6) is 5.75 Å². The number of hydrogen-bond acceptors (Lipinski definition) is 1. The predicted octanol–water partition coefficient (Wildman–Crippen LogP) is 4.61. The number of hydrogen-bond donors (Lipinski definition) is 0. The third kappa shape index (κ3) is 9.37. The van der Waals surface area contributed by atoms with Gasteiger partial charge >= 0.3 is 35.9 Å². The van der Waals surface area contributed by atoms with Gasteiger partial charge in [0, 0.05) is 15.2 Å². The quantitative estimate of drug-likeness (QED) is 0.449. The fourth-order valence-electron chi connectivity index (χ4n) is 1.55. The Morgan fingerprint density at radius 3 is 2.04 bits per heavy atom. The molecule has 2 aromatic rings. The van der Waals surface area contributed by atoms with Crippen LogP contribution in [-0.4, -0.2) is 15.3 Å². The predicted molar refractivity (Wildman–Crippen MR) is 111 cm³/mol. The monoisotopic (exact) mass is 495 g/mol. The normalized spacial score (nSPS) is 10.5. The molecule has 2 nitrogen and oxygen atoms in total. The van der Waals surface area contributed by atoms with Crippen molar-refractivity contribution in [2.24, 2.45) is 0 Å². The van der Waals surface area contributed by atoms with Crippen LogP contribution in [0.3, 0.4) is 0 Å². The summed E-state index contributed by atoms with van der Waals surface area (Å²) < 4.78 is 5.89. The second kappa shape index (κ2) is 12.6. The van der Waals surface area contributed by atoms with Crippen LogP contribution in [0.4, 0.5) is 5.69 Å². The molecule has 7 heteroatoms. The van der Waals surface area contributed by atoms with Gasteiger partial charge in [0.1, 0.15) is 0 Å². The van der Waals surface area contributed by atoms with Gasteiger partial charge in [0.05, 0.1) is 7.11 Å². The molecule has 0 fully saturated rings. The van der Waals surface area contributed by atoms with Gasteiger partial charge < -0.3 is 9.72 Å². The van der Waals surface area contributed by atoms with E-state index in [0.29, 0.717) is 0 Å². The average Bonchev–Trinajstić information content (AvgIpc) is 2.50. The molecule has 0 unspecified atom stereocenters. The Balaban J connectivity index is 0. The van der Waals surface area contributed by atoms with E-state index < -0.39 is 8.24 Å². The summed E-state index contributed by atoms with van der Waals surface area (Å²) in [6.45, 7) is 11.3. The van der Waals surface area contributed by atoms with Gasteiger partial charge in [-0.1, -0.05) is 72.5 Å². The van der Waals surface area contributed by atoms with Crippen molar-refractivity contribution in [2.75, 3.05) is 7.11 Å². The summed E-state index contributed by atoms with van der Waals surface area (Å²) in [4.78, 5) is 4.89. The molecule has 0 atom stereocenters. The molecule has 0 aliphatic rings. The Kier molecular flexibility index (Phi) is 13.7. The zero-order valence-electron chi connectivity index (χ0n) is 16.5. The van der Waals surface area contributed by atoms with Crippen molar-refractivity contribution >= 4 is 41.5 Å². The van der Waals surface area contributed by atoms with Gasteiger partial charge in [-0.15, -0.1) is 17.8 Å². The van der Waals surface area contributed by atoms with Gasteiger partial charge in [0.15, 0.2) is 0 Å². The standard InChI is InChI=1S/C12H18BrClNSi.C7H7O.Cu.Li/c1-12(2,3)16(4,5)15-11-7-6-9(13)8-10(11)14;1-8-7-5-3-2-4-6-7;;/h6-8H,1-5H3;3-6H,1H3;;/q2*-1;2*+1. The summed E-state index contributed by atoms with van der Waals surface area (Å²) in [6, 6.07) is 16.1. The maximum Gasteiger partial charge on any atom is 1.00 e. The van der Waals surface area contributed by atoms with Crippen molar-refractivity contribution in [1.82, 2.24) is 0 Å². The third-order valence-corrected chi connectivity index (χ3v) is 9.34. The summed E-state index contributed by atoms with van der Waals surface area (Å²) in [6.07, 6.45) is 0. The summed E-state index contributed by atoms with van der Waals surface area (Å²) in [5, 5.41) is 0.961. The molecule has 0 amide bonds. The van der Waals surface area contributed by atoms with Gasteiger partial charge in [-0.2, -0.15) is 18.2 Å². The van der Waals surface area contributed by atoms with E-state index in [9.17, 15) is 0 Å². The Morgan fingerprint density at radius 1 is 1.12 bits per heavy atom. The summed E-state index contributed by atoms with van der Waals surface area (Å²) in [5.74, 6) is 0.878. The van der Waals surface area contributed by atoms with Crippen molar-refractivity contribution in [3.63, 3.8) is 0 Å². The molecule has 142 valence electrons. The van der Waals surface area contributed by atoms with Gasteiger partial charge in [-0.25, -0.2) is 0 Å². The molecule has 0 N–H and O–H groups in total. The first-order chi connectivity index (χ1) is 11.1. The minimum absolute atomic E-state index is 0. The van der Waals surface area contributed by atoms with Crippen molar-refractivity contribution < 1.29 is 40.7 Å². The van der Waals surface area contributed by atoms with Gasteiger partial charge in [0.2, 0.25) is 0 Å². The molecule has 2 aromatic carbocycles. The van der Waals surface area contributed by atoms with Crippen LogP contribution in [-0.2, 0) is 17.1 Å². The summed E-state index contributed by atoms with van der Waals surface area (Å²) in [7, 11) is -0.0211. The number of methoxy groups -OCH3 is 1. The number of ether oxygens (including phenoxy) is 1. The summed E-state index contributed by atoms with van der Waals surface area (Å²) >= 11 is 9.58. The molecule has 0 aromatic heterocycles. The van der Waals surface area contributed by atoms with Crippen LogP contribution in [0.25, 0.3) is 4.98 Å². The van der Waals surface area contributed by atoms with Crippen LogP contribution in [0.2, 0.25) is 23.2 Å². The van der Waals surface area contributed by atoms with E-state index >= 15 is 0 Å². The first-order valence-electron chi connectivity index (χ1n) is 7.75. The van der Waals surface area contributed by atoms with Crippen molar-refractivity contribution in [3.8, 4) is 5.75 Å². The van der Waals surface area contributed by atoms with Crippen LogP contribution in [0.1, 0.15) is 20.8 Å². The smallest absolute Gasteiger partial charge is 0.685 e. The van der Waals surface area contributed by atoms with Gasteiger partial charge in [0.25, 0.3) is 0 Å². The fourth-order valence-corrected chi connectivity index (χ4v) is 3.47. The average molecular weight is 497 g/mol. The molecular weight excluding hydrogens is 472 g/mol. The molecule has 0 aliphatic heterocycles. The Bertz CT molecular complexity index is 654. The maximum atomic E-state index is 6.18. The topological polar surface area (TPSA) is 23.3 Å². The molecule has 0 heterocycles. The fraction of sp³-hybridized carbons (Fsp3) is 0.368. The molecule has 0 spiro atoms. The largest absolute Gasteiger partial charge is 1.00 e. The molecule has 0 radical (unpaired) electrons. The Labute approximate surface area is 195 Å². The zero-order chi connectivity index (χ0) is 18.4. The molecule has 0 bridgehead atoms. The molecule has 0 aliphatic carbocycles. The third-order valence-electron chi connectivity index (χ3n) is 4.07. The zero-order valence-corrected chi connectivity index (χ0v) is 20.7. The Hall–Kier alpha value is 0.144. The number of benzene rings is 2. The molecule has 0 saturated carbocycles. The molecular formula is C19H25BrClCuLiNOSi. The SMILES string of the molecule is CC(C)(C)[Si](C)(C)[N-]c1ccc(Br)cc1Cl.COc1cc[c-]cc1.[Cu+].[Li+]. The minimum Gasteiger partial charge on any atom is -0.685 e. The van der Waals surface area contributed by atoms with E-state index in [2.05, 4.69) is 55.9 Å². The van der Waals surface area contributed by atoms with E-state index in [1.807, 2.05) is 42.5 Å². The van der Waals surface area contributed by atoms with Crippen molar-refractivity contribution in [2.45, 2.75) is 38.9 Å². The first-order valence-corrected chi connectivity index (χ1v) is 11.9. The summed E-state index contributed by atoms with van der Waals surface area (Å²) in [5.41, 5.74) is 0.913. The van der Waals surface area contributed by atoms with E-state index in [4.69, 9.17) is 21.3 Å². The van der Waals surface area contributed by atoms with Crippen LogP contribution in [0.15, 0.2) is 46.9 Å². The van der Waals surface area contributed by atoms with Crippen molar-refractivity contribution in [3.05, 3.63) is 63.0 Å². The Morgan fingerprint density at radius 2 is 1.65 bits per heavy atom.